The second kappa shape index (κ2) is 3.27. The van der Waals surface area contributed by atoms with Gasteiger partial charge in [-0.15, -0.1) is 0 Å². The van der Waals surface area contributed by atoms with E-state index in [9.17, 15) is 9.59 Å². The average Bonchev–Trinajstić information content (AvgIpc) is 2.56. The number of para-hydroxylation sites is 1. The Morgan fingerprint density at radius 3 is 2.53 bits per heavy atom. The van der Waals surface area contributed by atoms with Gasteiger partial charge in [0.25, 0.3) is 0 Å². The van der Waals surface area contributed by atoms with Gasteiger partial charge in [-0.3, -0.25) is 9.69 Å². The smallest absolute Gasteiger partial charge is 0.411 e. The minimum atomic E-state index is -1.12. The summed E-state index contributed by atoms with van der Waals surface area (Å²) in [5.74, 6) is -1.75. The van der Waals surface area contributed by atoms with Gasteiger partial charge in [-0.1, -0.05) is 18.2 Å². The summed E-state index contributed by atoms with van der Waals surface area (Å²) in [6, 6.07) is 6.67. The second-order valence-electron chi connectivity index (χ2n) is 3.34. The van der Waals surface area contributed by atoms with E-state index in [-0.39, 0.29) is 6.54 Å². The van der Waals surface area contributed by atoms with E-state index in [2.05, 4.69) is 0 Å². The Morgan fingerprint density at radius 1 is 1.27 bits per heavy atom. The Morgan fingerprint density at radius 2 is 1.93 bits per heavy atom. The van der Waals surface area contributed by atoms with Crippen molar-refractivity contribution in [2.75, 3.05) is 11.4 Å². The summed E-state index contributed by atoms with van der Waals surface area (Å²) in [7, 11) is 0. The van der Waals surface area contributed by atoms with Crippen LogP contribution in [0.15, 0.2) is 24.3 Å². The number of amides is 1. The van der Waals surface area contributed by atoms with Crippen LogP contribution in [0.5, 0.6) is 0 Å². The first-order valence-electron chi connectivity index (χ1n) is 4.43. The molecule has 1 amide bonds. The molecule has 2 N–H and O–H groups in total. The van der Waals surface area contributed by atoms with Crippen molar-refractivity contribution in [3.63, 3.8) is 0 Å². The van der Waals surface area contributed by atoms with Gasteiger partial charge in [0, 0.05) is 6.54 Å². The van der Waals surface area contributed by atoms with Crippen LogP contribution in [0.2, 0.25) is 0 Å². The summed E-state index contributed by atoms with van der Waals surface area (Å²) in [6.07, 6.45) is -1.12. The summed E-state index contributed by atoms with van der Waals surface area (Å²) in [5, 5.41) is 17.8. The number of fused-ring (bicyclic) bond motifs is 1. The zero-order chi connectivity index (χ0) is 11.0. The van der Waals surface area contributed by atoms with E-state index >= 15 is 0 Å². The number of hydrogen-bond donors (Lipinski definition) is 2. The molecule has 1 aromatic rings. The van der Waals surface area contributed by atoms with E-state index in [1.165, 1.54) is 0 Å². The lowest BCUT2D eigenvalue weighted by atomic mass is 10.0. The molecule has 0 fully saturated rings. The first kappa shape index (κ1) is 9.51. The number of carboxylic acid groups (broad SMARTS) is 2. The fourth-order valence-corrected chi connectivity index (χ4v) is 1.80. The Bertz CT molecular complexity index is 390. The second-order valence-corrected chi connectivity index (χ2v) is 3.34. The van der Waals surface area contributed by atoms with E-state index in [1.807, 2.05) is 0 Å². The molecule has 1 aliphatic rings. The highest BCUT2D eigenvalue weighted by Gasteiger charge is 2.36. The number of benzene rings is 1. The number of nitrogens with zero attached hydrogens (tertiary/aromatic N) is 1. The van der Waals surface area contributed by atoms with Crippen LogP contribution in [0.3, 0.4) is 0 Å². The number of carboxylic acids is 1. The van der Waals surface area contributed by atoms with Gasteiger partial charge in [0.1, 0.15) is 5.92 Å². The Balaban J connectivity index is 2.48. The zero-order valence-electron chi connectivity index (χ0n) is 7.75. The van der Waals surface area contributed by atoms with Gasteiger partial charge in [-0.05, 0) is 11.6 Å². The summed E-state index contributed by atoms with van der Waals surface area (Å²) in [5.41, 5.74) is 1.03. The maximum absolute atomic E-state index is 10.9. The van der Waals surface area contributed by atoms with Gasteiger partial charge in [0.05, 0.1) is 5.69 Å². The molecule has 0 radical (unpaired) electrons. The molecule has 1 unspecified atom stereocenters. The van der Waals surface area contributed by atoms with Crippen molar-refractivity contribution in [3.05, 3.63) is 29.8 Å². The van der Waals surface area contributed by atoms with Crippen molar-refractivity contribution in [2.24, 2.45) is 0 Å². The van der Waals surface area contributed by atoms with Crippen LogP contribution in [0, 0.1) is 0 Å². The molecule has 5 heteroatoms. The lowest BCUT2D eigenvalue weighted by molar-refractivity contribution is -0.138. The van der Waals surface area contributed by atoms with Crippen molar-refractivity contribution >= 4 is 17.7 Å². The Labute approximate surface area is 85.6 Å². The number of aliphatic carboxylic acids is 1. The fourth-order valence-electron chi connectivity index (χ4n) is 1.80. The number of carbonyl (C=O) groups is 2. The quantitative estimate of drug-likeness (QED) is 0.728. The van der Waals surface area contributed by atoms with Crippen LogP contribution in [0.4, 0.5) is 10.5 Å². The Hall–Kier alpha value is -2.04. The van der Waals surface area contributed by atoms with Crippen molar-refractivity contribution < 1.29 is 19.8 Å². The highest BCUT2D eigenvalue weighted by molar-refractivity contribution is 5.94. The van der Waals surface area contributed by atoms with E-state index in [0.29, 0.717) is 11.3 Å². The minimum Gasteiger partial charge on any atom is -0.481 e. The highest BCUT2D eigenvalue weighted by Crippen LogP contribution is 2.35. The lowest BCUT2D eigenvalue weighted by Gasteiger charge is -2.11. The number of anilines is 1. The van der Waals surface area contributed by atoms with Crippen LogP contribution in [-0.2, 0) is 4.79 Å². The predicted molar refractivity (Wildman–Crippen MR) is 52.2 cm³/mol. The first-order chi connectivity index (χ1) is 7.11. The molecule has 0 spiro atoms. The van der Waals surface area contributed by atoms with Crippen LogP contribution >= 0.6 is 0 Å². The maximum atomic E-state index is 10.9. The molecule has 1 aromatic carbocycles. The molecule has 1 heterocycles. The van der Waals surface area contributed by atoms with Crippen molar-refractivity contribution in [1.29, 1.82) is 0 Å². The van der Waals surface area contributed by atoms with E-state index in [0.717, 1.165) is 4.90 Å². The van der Waals surface area contributed by atoms with Gasteiger partial charge in [-0.2, -0.15) is 0 Å². The standard InChI is InChI=1S/C10H9NO4/c12-9(13)7-5-11(10(14)15)8-4-2-1-3-6(7)8/h1-4,7H,5H2,(H,12,13)(H,14,15). The van der Waals surface area contributed by atoms with Crippen molar-refractivity contribution in [2.45, 2.75) is 5.92 Å². The molecule has 15 heavy (non-hydrogen) atoms. The SMILES string of the molecule is O=C(O)C1CN(C(=O)O)c2ccccc21. The van der Waals surface area contributed by atoms with E-state index in [4.69, 9.17) is 10.2 Å². The lowest BCUT2D eigenvalue weighted by Crippen LogP contribution is -2.29. The minimum absolute atomic E-state index is 0.00991. The molecular weight excluding hydrogens is 198 g/mol. The maximum Gasteiger partial charge on any atom is 0.411 e. The van der Waals surface area contributed by atoms with Crippen LogP contribution in [-0.4, -0.2) is 28.8 Å². The highest BCUT2D eigenvalue weighted by atomic mass is 16.4. The van der Waals surface area contributed by atoms with Gasteiger partial charge < -0.3 is 10.2 Å². The molecular formula is C10H9NO4. The van der Waals surface area contributed by atoms with Gasteiger partial charge in [0.2, 0.25) is 0 Å². The molecule has 1 atom stereocenters. The third-order valence-corrected chi connectivity index (χ3v) is 2.50. The first-order valence-corrected chi connectivity index (χ1v) is 4.43. The predicted octanol–water partition coefficient (Wildman–Crippen LogP) is 1.35. The molecule has 0 aromatic heterocycles. The molecule has 5 nitrogen and oxygen atoms in total. The molecule has 1 aliphatic heterocycles. The Kier molecular flexibility index (Phi) is 2.07. The third-order valence-electron chi connectivity index (χ3n) is 2.50. The summed E-state index contributed by atoms with van der Waals surface area (Å²) in [4.78, 5) is 22.8. The van der Waals surface area contributed by atoms with E-state index < -0.39 is 18.0 Å². The molecule has 0 saturated heterocycles. The average molecular weight is 207 g/mol. The largest absolute Gasteiger partial charge is 0.481 e. The van der Waals surface area contributed by atoms with Gasteiger partial charge >= 0.3 is 12.1 Å². The van der Waals surface area contributed by atoms with Crippen molar-refractivity contribution in [3.8, 4) is 0 Å². The number of rotatable bonds is 1. The molecule has 78 valence electrons. The summed E-state index contributed by atoms with van der Waals surface area (Å²) < 4.78 is 0. The summed E-state index contributed by atoms with van der Waals surface area (Å²) >= 11 is 0. The molecule has 0 aliphatic carbocycles. The van der Waals surface area contributed by atoms with E-state index in [1.54, 1.807) is 24.3 Å². The van der Waals surface area contributed by atoms with Crippen LogP contribution in [0.1, 0.15) is 11.5 Å². The third kappa shape index (κ3) is 1.41. The topological polar surface area (TPSA) is 77.8 Å². The van der Waals surface area contributed by atoms with Gasteiger partial charge in [-0.25, -0.2) is 4.79 Å². The van der Waals surface area contributed by atoms with Gasteiger partial charge in [0.15, 0.2) is 0 Å². The summed E-state index contributed by atoms with van der Waals surface area (Å²) in [6.45, 7) is -0.00991. The zero-order valence-corrected chi connectivity index (χ0v) is 7.75. The molecule has 2 rings (SSSR count). The monoisotopic (exact) mass is 207 g/mol. The molecule has 0 saturated carbocycles. The molecule has 0 bridgehead atoms. The van der Waals surface area contributed by atoms with Crippen molar-refractivity contribution in [1.82, 2.24) is 0 Å². The van der Waals surface area contributed by atoms with Crippen LogP contribution in [0.25, 0.3) is 0 Å². The van der Waals surface area contributed by atoms with Crippen LogP contribution < -0.4 is 4.90 Å². The fraction of sp³-hybridized carbons (Fsp3) is 0.200. The normalized spacial score (nSPS) is 18.7. The number of hydrogen-bond acceptors (Lipinski definition) is 2.